The van der Waals surface area contributed by atoms with Gasteiger partial charge in [-0.3, -0.25) is 14.3 Å². The van der Waals surface area contributed by atoms with Gasteiger partial charge in [-0.2, -0.15) is 5.10 Å². The number of nitrogens with one attached hydrogen (secondary N) is 1. The maximum atomic E-state index is 11.7. The SMILES string of the molecule is COC(=O)Cn1cc(NC(=O)c2cnns2)cn1. The van der Waals surface area contributed by atoms with Crippen LogP contribution in [0.3, 0.4) is 0 Å². The second-order valence-corrected chi connectivity index (χ2v) is 4.02. The summed E-state index contributed by atoms with van der Waals surface area (Å²) in [5, 5.41) is 10.1. The summed E-state index contributed by atoms with van der Waals surface area (Å²) in [6, 6.07) is 0. The van der Waals surface area contributed by atoms with E-state index < -0.39 is 5.97 Å². The van der Waals surface area contributed by atoms with Gasteiger partial charge >= 0.3 is 5.97 Å². The first-order valence-corrected chi connectivity index (χ1v) is 5.64. The van der Waals surface area contributed by atoms with E-state index in [9.17, 15) is 9.59 Å². The number of methoxy groups -OCH3 is 1. The zero-order valence-electron chi connectivity index (χ0n) is 9.36. The van der Waals surface area contributed by atoms with Crippen LogP contribution in [0.2, 0.25) is 0 Å². The van der Waals surface area contributed by atoms with E-state index in [2.05, 4.69) is 24.7 Å². The number of nitrogens with zero attached hydrogens (tertiary/aromatic N) is 4. The van der Waals surface area contributed by atoms with Gasteiger partial charge in [0, 0.05) is 6.20 Å². The molecule has 8 nitrogen and oxygen atoms in total. The summed E-state index contributed by atoms with van der Waals surface area (Å²) in [7, 11) is 1.30. The molecule has 2 rings (SSSR count). The summed E-state index contributed by atoms with van der Waals surface area (Å²) < 4.78 is 9.46. The number of rotatable bonds is 4. The fourth-order valence-corrected chi connectivity index (χ4v) is 1.58. The van der Waals surface area contributed by atoms with Crippen LogP contribution in [0.1, 0.15) is 9.67 Å². The molecule has 2 aromatic heterocycles. The van der Waals surface area contributed by atoms with Crippen molar-refractivity contribution in [3.8, 4) is 0 Å². The monoisotopic (exact) mass is 267 g/mol. The largest absolute Gasteiger partial charge is 0.468 e. The van der Waals surface area contributed by atoms with E-state index in [1.54, 1.807) is 0 Å². The van der Waals surface area contributed by atoms with Gasteiger partial charge < -0.3 is 10.1 Å². The van der Waals surface area contributed by atoms with Crippen molar-refractivity contribution in [2.24, 2.45) is 0 Å². The van der Waals surface area contributed by atoms with Crippen molar-refractivity contribution in [3.05, 3.63) is 23.5 Å². The smallest absolute Gasteiger partial charge is 0.327 e. The van der Waals surface area contributed by atoms with Gasteiger partial charge in [0.05, 0.1) is 25.2 Å². The number of amides is 1. The number of carbonyl (C=O) groups is 2. The Morgan fingerprint density at radius 1 is 1.50 bits per heavy atom. The average molecular weight is 267 g/mol. The molecular formula is C9H9N5O3S. The Hall–Kier alpha value is -2.29. The van der Waals surface area contributed by atoms with Crippen molar-refractivity contribution in [3.63, 3.8) is 0 Å². The average Bonchev–Trinajstić information content (AvgIpc) is 3.00. The zero-order chi connectivity index (χ0) is 13.0. The summed E-state index contributed by atoms with van der Waals surface area (Å²) in [6.45, 7) is -0.00547. The number of esters is 1. The Morgan fingerprint density at radius 2 is 2.33 bits per heavy atom. The third-order valence-electron chi connectivity index (χ3n) is 1.99. The zero-order valence-corrected chi connectivity index (χ0v) is 10.2. The minimum absolute atomic E-state index is 0.00547. The highest BCUT2D eigenvalue weighted by atomic mass is 32.1. The predicted molar refractivity (Wildman–Crippen MR) is 62.1 cm³/mol. The van der Waals surface area contributed by atoms with Crippen molar-refractivity contribution < 1.29 is 14.3 Å². The Morgan fingerprint density at radius 3 is 3.00 bits per heavy atom. The van der Waals surface area contributed by atoms with Crippen LogP contribution in [0.4, 0.5) is 5.69 Å². The van der Waals surface area contributed by atoms with Crippen molar-refractivity contribution in [1.82, 2.24) is 19.4 Å². The van der Waals surface area contributed by atoms with E-state index in [0.29, 0.717) is 10.6 Å². The summed E-state index contributed by atoms with van der Waals surface area (Å²) in [4.78, 5) is 23.1. The molecule has 0 atom stereocenters. The van der Waals surface area contributed by atoms with Crippen molar-refractivity contribution in [1.29, 1.82) is 0 Å². The number of aromatic nitrogens is 4. The minimum atomic E-state index is -0.414. The quantitative estimate of drug-likeness (QED) is 0.792. The molecule has 9 heteroatoms. The van der Waals surface area contributed by atoms with Gasteiger partial charge in [0.2, 0.25) is 0 Å². The Bertz CT molecular complexity index is 550. The van der Waals surface area contributed by atoms with Crippen LogP contribution in [0, 0.1) is 0 Å². The van der Waals surface area contributed by atoms with Crippen molar-refractivity contribution >= 4 is 29.1 Å². The molecule has 0 aliphatic carbocycles. The summed E-state index contributed by atoms with van der Waals surface area (Å²) >= 11 is 0.997. The maximum absolute atomic E-state index is 11.7. The normalized spacial score (nSPS) is 10.1. The first kappa shape index (κ1) is 12.2. The van der Waals surface area contributed by atoms with E-state index in [1.165, 1.54) is 30.4 Å². The van der Waals surface area contributed by atoms with E-state index in [-0.39, 0.29) is 12.5 Å². The van der Waals surface area contributed by atoms with Crippen LogP contribution in [0.15, 0.2) is 18.6 Å². The van der Waals surface area contributed by atoms with Gasteiger partial charge in [0.15, 0.2) is 0 Å². The van der Waals surface area contributed by atoms with Crippen LogP contribution in [0.25, 0.3) is 0 Å². The molecule has 94 valence electrons. The summed E-state index contributed by atoms with van der Waals surface area (Å²) in [5.41, 5.74) is 0.484. The van der Waals surface area contributed by atoms with Crippen LogP contribution in [-0.4, -0.2) is 38.4 Å². The lowest BCUT2D eigenvalue weighted by Gasteiger charge is -1.99. The highest BCUT2D eigenvalue weighted by Gasteiger charge is 2.10. The predicted octanol–water partition coefficient (Wildman–Crippen LogP) is 0.160. The number of carbonyl (C=O) groups excluding carboxylic acids is 2. The molecule has 0 aromatic carbocycles. The number of ether oxygens (including phenoxy) is 1. The lowest BCUT2D eigenvalue weighted by Crippen LogP contribution is -2.12. The summed E-state index contributed by atoms with van der Waals surface area (Å²) in [5.74, 6) is -0.731. The second-order valence-electron chi connectivity index (χ2n) is 3.24. The third kappa shape index (κ3) is 2.88. The molecular weight excluding hydrogens is 258 g/mol. The van der Waals surface area contributed by atoms with E-state index >= 15 is 0 Å². The second kappa shape index (κ2) is 5.36. The first-order chi connectivity index (χ1) is 8.69. The highest BCUT2D eigenvalue weighted by Crippen LogP contribution is 2.09. The highest BCUT2D eigenvalue weighted by molar-refractivity contribution is 7.07. The van der Waals surface area contributed by atoms with E-state index in [4.69, 9.17) is 0 Å². The van der Waals surface area contributed by atoms with Crippen molar-refractivity contribution in [2.45, 2.75) is 6.54 Å². The molecule has 1 amide bonds. The molecule has 0 aliphatic heterocycles. The lowest BCUT2D eigenvalue weighted by atomic mass is 10.4. The molecule has 2 aromatic rings. The fraction of sp³-hybridized carbons (Fsp3) is 0.222. The van der Waals surface area contributed by atoms with Crippen LogP contribution in [-0.2, 0) is 16.1 Å². The van der Waals surface area contributed by atoms with Crippen LogP contribution >= 0.6 is 11.5 Å². The number of hydrogen-bond donors (Lipinski definition) is 1. The molecule has 0 spiro atoms. The first-order valence-electron chi connectivity index (χ1n) is 4.87. The molecule has 2 heterocycles. The van der Waals surface area contributed by atoms with Gasteiger partial charge in [0.25, 0.3) is 5.91 Å². The fourth-order valence-electron chi connectivity index (χ4n) is 1.17. The standard InChI is InChI=1S/C9H9N5O3S/c1-17-8(15)5-14-4-6(2-11-14)12-9(16)7-3-10-13-18-7/h2-4H,5H2,1H3,(H,12,16). The molecule has 0 radical (unpaired) electrons. The summed E-state index contributed by atoms with van der Waals surface area (Å²) in [6.07, 6.45) is 4.34. The van der Waals surface area contributed by atoms with E-state index in [1.807, 2.05) is 0 Å². The van der Waals surface area contributed by atoms with E-state index in [0.717, 1.165) is 11.5 Å². The molecule has 1 N–H and O–H groups in total. The maximum Gasteiger partial charge on any atom is 0.327 e. The van der Waals surface area contributed by atoms with Gasteiger partial charge in [-0.25, -0.2) is 0 Å². The number of hydrogen-bond acceptors (Lipinski definition) is 7. The molecule has 18 heavy (non-hydrogen) atoms. The van der Waals surface area contributed by atoms with Gasteiger partial charge in [-0.05, 0) is 11.5 Å². The molecule has 0 saturated carbocycles. The molecule has 0 fully saturated rings. The van der Waals surface area contributed by atoms with Gasteiger partial charge in [-0.15, -0.1) is 5.10 Å². The minimum Gasteiger partial charge on any atom is -0.468 e. The van der Waals surface area contributed by atoms with Crippen LogP contribution in [0.5, 0.6) is 0 Å². The Balaban J connectivity index is 1.98. The third-order valence-corrected chi connectivity index (χ3v) is 2.66. The number of anilines is 1. The van der Waals surface area contributed by atoms with Gasteiger partial charge in [-0.1, -0.05) is 4.49 Å². The van der Waals surface area contributed by atoms with Crippen LogP contribution < -0.4 is 5.32 Å². The molecule has 0 aliphatic rings. The topological polar surface area (TPSA) is 99.0 Å². The van der Waals surface area contributed by atoms with Gasteiger partial charge in [0.1, 0.15) is 11.4 Å². The Kier molecular flexibility index (Phi) is 3.63. The molecule has 0 unspecified atom stereocenters. The Labute approximate surface area is 106 Å². The lowest BCUT2D eigenvalue weighted by molar-refractivity contribution is -0.141. The van der Waals surface area contributed by atoms with Crippen molar-refractivity contribution in [2.75, 3.05) is 12.4 Å². The molecule has 0 saturated heterocycles. The molecule has 0 bridgehead atoms.